The lowest BCUT2D eigenvalue weighted by molar-refractivity contribution is 0.479. The number of hydrogen-bond donors (Lipinski definition) is 5. The summed E-state index contributed by atoms with van der Waals surface area (Å²) in [7, 11) is -9.23. The highest BCUT2D eigenvalue weighted by Gasteiger charge is 2.21. The maximum absolute atomic E-state index is 12.0. The summed E-state index contributed by atoms with van der Waals surface area (Å²) >= 11 is 4.24. The first kappa shape index (κ1) is 22.9. The third-order valence-corrected chi connectivity index (χ3v) is 6.96. The number of aromatic hydroxyl groups is 1. The molecule has 4 aromatic rings. The topological polar surface area (TPSA) is 180 Å². The number of benzene rings is 4. The molecule has 5 N–H and O–H groups in total. The first-order chi connectivity index (χ1) is 15.4. The van der Waals surface area contributed by atoms with Crippen molar-refractivity contribution in [3.63, 3.8) is 0 Å². The van der Waals surface area contributed by atoms with E-state index >= 15 is 0 Å². The zero-order valence-corrected chi connectivity index (χ0v) is 18.9. The summed E-state index contributed by atoms with van der Waals surface area (Å²) in [5.74, 6) is -0.491. The lowest BCUT2D eigenvalue weighted by atomic mass is 10.1. The average Bonchev–Trinajstić information content (AvgIpc) is 2.71. The number of nitrogens with zero attached hydrogens (tertiary/aromatic N) is 2. The number of fused-ring (bicyclic) bond motifs is 2. The molecule has 0 spiro atoms. The van der Waals surface area contributed by atoms with Crippen molar-refractivity contribution in [2.75, 3.05) is 5.73 Å². The third kappa shape index (κ3) is 4.24. The number of phenolic OH excluding ortho intramolecular Hbond substituents is 1. The Hall–Kier alpha value is -3.23. The summed E-state index contributed by atoms with van der Waals surface area (Å²) in [5.41, 5.74) is 5.36. The van der Waals surface area contributed by atoms with Gasteiger partial charge in [0, 0.05) is 21.4 Å². The minimum Gasteiger partial charge on any atom is -0.505 e. The Morgan fingerprint density at radius 1 is 0.848 bits per heavy atom. The molecular formula is C20H15N3O7S3. The SMILES string of the molecule is Nc1cc(S(=O)(=O)O)cc2cc(S)c(N=Nc3ccc4ccccc4c3S(=O)(=O)O)c(O)c12. The van der Waals surface area contributed by atoms with Gasteiger partial charge in [-0.25, -0.2) is 0 Å². The number of phenols is 1. The molecule has 0 radical (unpaired) electrons. The Balaban J connectivity index is 1.93. The van der Waals surface area contributed by atoms with E-state index in [0.29, 0.717) is 5.39 Å². The molecule has 0 aliphatic heterocycles. The number of hydrogen-bond acceptors (Lipinski definition) is 9. The van der Waals surface area contributed by atoms with Crippen molar-refractivity contribution in [3.05, 3.63) is 54.6 Å². The Kier molecular flexibility index (Phi) is 5.54. The summed E-state index contributed by atoms with van der Waals surface area (Å²) in [6.07, 6.45) is 0. The number of rotatable bonds is 4. The summed E-state index contributed by atoms with van der Waals surface area (Å²) < 4.78 is 66.0. The molecule has 0 unspecified atom stereocenters. The van der Waals surface area contributed by atoms with Crippen LogP contribution >= 0.6 is 12.6 Å². The summed E-state index contributed by atoms with van der Waals surface area (Å²) in [5, 5.41) is 19.5. The van der Waals surface area contributed by atoms with E-state index < -0.39 is 35.8 Å². The number of azo groups is 1. The van der Waals surface area contributed by atoms with Gasteiger partial charge in [0.15, 0.2) is 5.75 Å². The maximum Gasteiger partial charge on any atom is 0.297 e. The smallest absolute Gasteiger partial charge is 0.297 e. The molecule has 4 rings (SSSR count). The van der Waals surface area contributed by atoms with E-state index in [2.05, 4.69) is 22.9 Å². The Bertz CT molecular complexity index is 1700. The minimum atomic E-state index is -4.68. The van der Waals surface area contributed by atoms with Gasteiger partial charge in [-0.15, -0.1) is 22.9 Å². The Morgan fingerprint density at radius 2 is 1.55 bits per heavy atom. The second-order valence-electron chi connectivity index (χ2n) is 6.99. The zero-order valence-electron chi connectivity index (χ0n) is 16.4. The minimum absolute atomic E-state index is 0.0302. The lowest BCUT2D eigenvalue weighted by Gasteiger charge is -2.11. The first-order valence-corrected chi connectivity index (χ1v) is 12.4. The molecule has 0 fully saturated rings. The third-order valence-electron chi connectivity index (χ3n) is 4.84. The van der Waals surface area contributed by atoms with E-state index in [9.17, 15) is 31.0 Å². The molecule has 4 aromatic carbocycles. The predicted octanol–water partition coefficient (Wildman–Crippen LogP) is 4.48. The van der Waals surface area contributed by atoms with Crippen molar-refractivity contribution in [1.29, 1.82) is 0 Å². The summed E-state index contributed by atoms with van der Waals surface area (Å²) in [6.45, 7) is 0. The van der Waals surface area contributed by atoms with Gasteiger partial charge in [0.05, 0.1) is 4.90 Å². The van der Waals surface area contributed by atoms with Crippen molar-refractivity contribution in [3.8, 4) is 5.75 Å². The van der Waals surface area contributed by atoms with Gasteiger partial charge < -0.3 is 10.8 Å². The van der Waals surface area contributed by atoms with Gasteiger partial charge in [-0.2, -0.15) is 16.8 Å². The van der Waals surface area contributed by atoms with Gasteiger partial charge in [0.25, 0.3) is 20.2 Å². The van der Waals surface area contributed by atoms with Gasteiger partial charge >= 0.3 is 0 Å². The van der Waals surface area contributed by atoms with E-state index in [0.717, 1.165) is 12.1 Å². The number of thiol groups is 1. The van der Waals surface area contributed by atoms with E-state index in [1.54, 1.807) is 24.3 Å². The van der Waals surface area contributed by atoms with Gasteiger partial charge in [0.2, 0.25) is 0 Å². The molecule has 0 saturated carbocycles. The largest absolute Gasteiger partial charge is 0.505 e. The van der Waals surface area contributed by atoms with Crippen LogP contribution in [-0.4, -0.2) is 31.0 Å². The van der Waals surface area contributed by atoms with Crippen LogP contribution in [0.25, 0.3) is 21.5 Å². The Labute approximate surface area is 193 Å². The highest BCUT2D eigenvalue weighted by molar-refractivity contribution is 7.86. The van der Waals surface area contributed by atoms with Gasteiger partial charge in [-0.05, 0) is 35.0 Å². The van der Waals surface area contributed by atoms with Crippen molar-refractivity contribution in [1.82, 2.24) is 0 Å². The predicted molar refractivity (Wildman–Crippen MR) is 125 cm³/mol. The summed E-state index contributed by atoms with van der Waals surface area (Å²) in [6, 6.07) is 12.8. The quantitative estimate of drug-likeness (QED) is 0.116. The van der Waals surface area contributed by atoms with Crippen LogP contribution in [0, 0.1) is 0 Å². The van der Waals surface area contributed by atoms with Crippen molar-refractivity contribution in [2.24, 2.45) is 10.2 Å². The van der Waals surface area contributed by atoms with Crippen LogP contribution in [0.1, 0.15) is 0 Å². The van der Waals surface area contributed by atoms with Crippen molar-refractivity contribution < 1.29 is 31.0 Å². The normalized spacial score (nSPS) is 12.7. The molecule has 0 aliphatic rings. The molecule has 33 heavy (non-hydrogen) atoms. The molecular weight excluding hydrogens is 490 g/mol. The molecule has 0 aliphatic carbocycles. The van der Waals surface area contributed by atoms with Crippen LogP contribution in [0.15, 0.2) is 79.5 Å². The van der Waals surface area contributed by atoms with Crippen LogP contribution in [-0.2, 0) is 20.2 Å². The van der Waals surface area contributed by atoms with Crippen LogP contribution < -0.4 is 5.73 Å². The highest BCUT2D eigenvalue weighted by atomic mass is 32.2. The first-order valence-electron chi connectivity index (χ1n) is 9.04. The molecule has 0 bridgehead atoms. The molecule has 0 amide bonds. The maximum atomic E-state index is 12.0. The highest BCUT2D eigenvalue weighted by Crippen LogP contribution is 2.44. The molecule has 0 saturated heterocycles. The van der Waals surface area contributed by atoms with Crippen LogP contribution in [0.2, 0.25) is 0 Å². The van der Waals surface area contributed by atoms with Gasteiger partial charge in [-0.3, -0.25) is 9.11 Å². The molecule has 0 aromatic heterocycles. The van der Waals surface area contributed by atoms with Crippen LogP contribution in [0.4, 0.5) is 17.1 Å². The molecule has 10 nitrogen and oxygen atoms in total. The standard InChI is InChI=1S/C20H15N3O7S3/c21-14-9-12(32(25,26)27)7-11-8-16(31)18(19(24)17(11)14)23-22-15-6-5-10-3-1-2-4-13(10)20(15)33(28,29)30/h1-9,24,31H,21H2,(H,25,26,27)(H,28,29,30). The number of nitrogen functional groups attached to an aromatic ring is 1. The molecule has 13 heteroatoms. The number of nitrogens with two attached hydrogens (primary N) is 1. The number of anilines is 1. The fraction of sp³-hybridized carbons (Fsp3) is 0. The average molecular weight is 506 g/mol. The van der Waals surface area contributed by atoms with E-state index in [4.69, 9.17) is 5.73 Å². The monoisotopic (exact) mass is 505 g/mol. The second kappa shape index (κ2) is 7.97. The molecule has 0 heterocycles. The Morgan fingerprint density at radius 3 is 2.21 bits per heavy atom. The molecule has 0 atom stereocenters. The zero-order chi connectivity index (χ0) is 24.1. The van der Waals surface area contributed by atoms with Crippen molar-refractivity contribution in [2.45, 2.75) is 14.7 Å². The van der Waals surface area contributed by atoms with E-state index in [-0.39, 0.29) is 38.1 Å². The fourth-order valence-electron chi connectivity index (χ4n) is 3.43. The van der Waals surface area contributed by atoms with Crippen LogP contribution in [0.5, 0.6) is 5.75 Å². The van der Waals surface area contributed by atoms with E-state index in [1.807, 2.05) is 0 Å². The van der Waals surface area contributed by atoms with Crippen LogP contribution in [0.3, 0.4) is 0 Å². The van der Waals surface area contributed by atoms with Crippen molar-refractivity contribution >= 4 is 71.5 Å². The van der Waals surface area contributed by atoms with E-state index in [1.165, 1.54) is 18.2 Å². The summed E-state index contributed by atoms with van der Waals surface area (Å²) in [4.78, 5) is -0.865. The lowest BCUT2D eigenvalue weighted by Crippen LogP contribution is -2.00. The van der Waals surface area contributed by atoms with Gasteiger partial charge in [0.1, 0.15) is 16.3 Å². The second-order valence-corrected chi connectivity index (χ2v) is 10.3. The molecule has 170 valence electrons. The fourth-order valence-corrected chi connectivity index (χ4v) is 5.11. The van der Waals surface area contributed by atoms with Gasteiger partial charge in [-0.1, -0.05) is 30.3 Å².